The highest BCUT2D eigenvalue weighted by Crippen LogP contribution is 2.26. The van der Waals surface area contributed by atoms with Gasteiger partial charge in [0, 0.05) is 18.7 Å². The average Bonchev–Trinajstić information content (AvgIpc) is 3.04. The molecule has 136 valence electrons. The van der Waals surface area contributed by atoms with Crippen LogP contribution in [0.4, 0.5) is 18.9 Å². The van der Waals surface area contributed by atoms with E-state index >= 15 is 0 Å². The average molecular weight is 363 g/mol. The zero-order chi connectivity index (χ0) is 18.7. The van der Waals surface area contributed by atoms with Crippen LogP contribution >= 0.6 is 0 Å². The summed E-state index contributed by atoms with van der Waals surface area (Å²) in [7, 11) is 0. The number of fused-ring (bicyclic) bond motifs is 1. The fourth-order valence-electron chi connectivity index (χ4n) is 2.52. The molecule has 0 spiro atoms. The van der Waals surface area contributed by atoms with Crippen molar-refractivity contribution in [1.82, 2.24) is 10.3 Å². The van der Waals surface area contributed by atoms with Crippen molar-refractivity contribution in [3.63, 3.8) is 0 Å². The summed E-state index contributed by atoms with van der Waals surface area (Å²) in [4.78, 5) is 20.5. The van der Waals surface area contributed by atoms with Crippen LogP contribution in [-0.2, 0) is 11.2 Å². The van der Waals surface area contributed by atoms with Crippen LogP contribution in [0, 0.1) is 0 Å². The molecule has 0 fully saturated rings. The van der Waals surface area contributed by atoms with Crippen LogP contribution in [0.3, 0.4) is 0 Å². The predicted octanol–water partition coefficient (Wildman–Crippen LogP) is 3.53. The number of hydrogen-bond donors (Lipinski definition) is 1. The van der Waals surface area contributed by atoms with Crippen LogP contribution in [0.1, 0.15) is 24.1 Å². The van der Waals surface area contributed by atoms with E-state index in [1.807, 2.05) is 24.3 Å². The molecule has 5 nitrogen and oxygen atoms in total. The molecule has 2 heterocycles. The molecule has 0 aliphatic carbocycles. The second kappa shape index (κ2) is 7.15. The molecular weight excluding hydrogens is 347 g/mol. The highest BCUT2D eigenvalue weighted by molar-refractivity contribution is 6.41. The molecule has 1 aliphatic rings. The van der Waals surface area contributed by atoms with Gasteiger partial charge >= 0.3 is 6.18 Å². The first kappa shape index (κ1) is 17.9. The van der Waals surface area contributed by atoms with E-state index in [0.717, 1.165) is 11.3 Å². The van der Waals surface area contributed by atoms with Crippen molar-refractivity contribution >= 4 is 17.3 Å². The lowest BCUT2D eigenvalue weighted by Crippen LogP contribution is -2.33. The van der Waals surface area contributed by atoms with E-state index in [0.29, 0.717) is 17.7 Å². The van der Waals surface area contributed by atoms with Gasteiger partial charge in [0.2, 0.25) is 5.88 Å². The number of para-hydroxylation sites is 1. The number of ether oxygens (including phenoxy) is 1. The van der Waals surface area contributed by atoms with Crippen molar-refractivity contribution in [2.24, 2.45) is 4.99 Å². The molecule has 1 unspecified atom stereocenters. The summed E-state index contributed by atoms with van der Waals surface area (Å²) < 4.78 is 40.9. The highest BCUT2D eigenvalue weighted by Gasteiger charge is 2.28. The molecule has 1 atom stereocenters. The van der Waals surface area contributed by atoms with Gasteiger partial charge in [0.25, 0.3) is 5.91 Å². The van der Waals surface area contributed by atoms with Gasteiger partial charge in [-0.1, -0.05) is 24.3 Å². The van der Waals surface area contributed by atoms with Gasteiger partial charge in [-0.15, -0.1) is 0 Å². The van der Waals surface area contributed by atoms with Gasteiger partial charge in [-0.05, 0) is 24.1 Å². The number of alkyl halides is 3. The zero-order valence-electron chi connectivity index (χ0n) is 13.9. The number of aliphatic imine (C=N–C) groups is 1. The van der Waals surface area contributed by atoms with E-state index in [1.165, 1.54) is 12.3 Å². The van der Waals surface area contributed by atoms with E-state index < -0.39 is 12.8 Å². The van der Waals surface area contributed by atoms with Crippen molar-refractivity contribution in [3.05, 3.63) is 53.7 Å². The lowest BCUT2D eigenvalue weighted by atomic mass is 10.1. The van der Waals surface area contributed by atoms with Crippen LogP contribution in [0.5, 0.6) is 5.88 Å². The quantitative estimate of drug-likeness (QED) is 0.884. The standard InChI is InChI=1S/C18H16F3N3O2/c1-11(13-6-7-16(22-9-13)26-10-18(19,20)21)23-17(25)15-8-12-4-2-3-5-14(12)24-15/h2-7,9,11H,8,10H2,1H3,(H,23,25). The number of pyridine rings is 1. The molecule has 0 saturated heterocycles. The van der Waals surface area contributed by atoms with Gasteiger partial charge < -0.3 is 10.1 Å². The monoisotopic (exact) mass is 363 g/mol. The van der Waals surface area contributed by atoms with E-state index in [1.54, 1.807) is 13.0 Å². The van der Waals surface area contributed by atoms with Crippen LogP contribution in [0.25, 0.3) is 0 Å². The molecule has 0 bridgehead atoms. The molecule has 0 radical (unpaired) electrons. The minimum absolute atomic E-state index is 0.125. The molecule has 1 amide bonds. The lowest BCUT2D eigenvalue weighted by molar-refractivity contribution is -0.154. The minimum Gasteiger partial charge on any atom is -0.468 e. The first-order valence-electron chi connectivity index (χ1n) is 7.93. The van der Waals surface area contributed by atoms with Gasteiger partial charge in [0.15, 0.2) is 6.61 Å². The number of nitrogens with zero attached hydrogens (tertiary/aromatic N) is 2. The molecule has 1 aliphatic heterocycles. The van der Waals surface area contributed by atoms with Gasteiger partial charge in [0.1, 0.15) is 5.71 Å². The van der Waals surface area contributed by atoms with Gasteiger partial charge in [-0.2, -0.15) is 13.2 Å². The predicted molar refractivity (Wildman–Crippen MR) is 89.6 cm³/mol. The fourth-order valence-corrected chi connectivity index (χ4v) is 2.52. The third-order valence-electron chi connectivity index (χ3n) is 3.86. The third kappa shape index (κ3) is 4.38. The molecule has 3 rings (SSSR count). The summed E-state index contributed by atoms with van der Waals surface area (Å²) in [6.07, 6.45) is -2.57. The van der Waals surface area contributed by atoms with Crippen molar-refractivity contribution in [2.45, 2.75) is 25.6 Å². The number of rotatable bonds is 5. The Morgan fingerprint density at radius 2 is 2.04 bits per heavy atom. The number of hydrogen-bond acceptors (Lipinski definition) is 4. The molecule has 0 saturated carbocycles. The normalized spacial score (nSPS) is 14.4. The number of benzene rings is 1. The second-order valence-corrected chi connectivity index (χ2v) is 5.89. The van der Waals surface area contributed by atoms with Gasteiger partial charge in [0.05, 0.1) is 11.7 Å². The number of carbonyl (C=O) groups is 1. The van der Waals surface area contributed by atoms with E-state index in [4.69, 9.17) is 0 Å². The summed E-state index contributed by atoms with van der Waals surface area (Å²) in [5.74, 6) is -0.411. The Labute approximate surface area is 147 Å². The van der Waals surface area contributed by atoms with E-state index in [2.05, 4.69) is 20.0 Å². The zero-order valence-corrected chi connectivity index (χ0v) is 13.9. The van der Waals surface area contributed by atoms with Crippen molar-refractivity contribution in [1.29, 1.82) is 0 Å². The molecule has 2 aromatic rings. The maximum Gasteiger partial charge on any atom is 0.422 e. The van der Waals surface area contributed by atoms with Crippen molar-refractivity contribution < 1.29 is 22.7 Å². The molecule has 1 aromatic heterocycles. The Kier molecular flexibility index (Phi) is 4.92. The number of halogens is 3. The van der Waals surface area contributed by atoms with Crippen molar-refractivity contribution in [3.8, 4) is 5.88 Å². The highest BCUT2D eigenvalue weighted by atomic mass is 19.4. The first-order chi connectivity index (χ1) is 12.3. The summed E-state index contributed by atoms with van der Waals surface area (Å²) in [6, 6.07) is 10.1. The first-order valence-corrected chi connectivity index (χ1v) is 7.93. The maximum atomic E-state index is 12.4. The van der Waals surface area contributed by atoms with Gasteiger partial charge in [-0.25, -0.2) is 9.98 Å². The topological polar surface area (TPSA) is 63.6 Å². The Balaban J connectivity index is 1.58. The molecule has 1 aromatic carbocycles. The van der Waals surface area contributed by atoms with Crippen molar-refractivity contribution in [2.75, 3.05) is 6.61 Å². The van der Waals surface area contributed by atoms with Crippen LogP contribution in [0.15, 0.2) is 47.6 Å². The second-order valence-electron chi connectivity index (χ2n) is 5.89. The molecule has 8 heteroatoms. The fraction of sp³-hybridized carbons (Fsp3) is 0.278. The molecule has 1 N–H and O–H groups in total. The Hall–Kier alpha value is -2.90. The number of aromatic nitrogens is 1. The summed E-state index contributed by atoms with van der Waals surface area (Å²) >= 11 is 0. The SMILES string of the molecule is CC(NC(=O)C1=Nc2ccccc2C1)c1ccc(OCC(F)(F)F)nc1. The van der Waals surface area contributed by atoms with Crippen LogP contribution in [0.2, 0.25) is 0 Å². The molecular formula is C18H16F3N3O2. The van der Waals surface area contributed by atoms with E-state index in [-0.39, 0.29) is 17.8 Å². The third-order valence-corrected chi connectivity index (χ3v) is 3.86. The summed E-state index contributed by atoms with van der Waals surface area (Å²) in [5.41, 5.74) is 2.86. The number of carbonyl (C=O) groups excluding carboxylic acids is 1. The Morgan fingerprint density at radius 3 is 2.69 bits per heavy atom. The smallest absolute Gasteiger partial charge is 0.422 e. The number of amides is 1. The minimum atomic E-state index is -4.42. The Morgan fingerprint density at radius 1 is 1.27 bits per heavy atom. The lowest BCUT2D eigenvalue weighted by Gasteiger charge is -2.14. The van der Waals surface area contributed by atoms with Gasteiger partial charge in [-0.3, -0.25) is 4.79 Å². The van der Waals surface area contributed by atoms with E-state index in [9.17, 15) is 18.0 Å². The molecule has 26 heavy (non-hydrogen) atoms. The Bertz CT molecular complexity index is 832. The number of nitrogens with one attached hydrogen (secondary N) is 1. The summed E-state index contributed by atoms with van der Waals surface area (Å²) in [6.45, 7) is 0.361. The van der Waals surface area contributed by atoms with Crippen LogP contribution < -0.4 is 10.1 Å². The van der Waals surface area contributed by atoms with Crippen LogP contribution in [-0.4, -0.2) is 29.4 Å². The summed E-state index contributed by atoms with van der Waals surface area (Å²) in [5, 5.41) is 2.82. The maximum absolute atomic E-state index is 12.4. The largest absolute Gasteiger partial charge is 0.468 e.